The van der Waals surface area contributed by atoms with Gasteiger partial charge in [0.15, 0.2) is 0 Å². The Labute approximate surface area is 104 Å². The summed E-state index contributed by atoms with van der Waals surface area (Å²) in [7, 11) is 0. The normalized spacial score (nSPS) is 12.8. The van der Waals surface area contributed by atoms with Crippen LogP contribution in [0.2, 0.25) is 0 Å². The van der Waals surface area contributed by atoms with Crippen molar-refractivity contribution in [2.45, 2.75) is 39.8 Å². The van der Waals surface area contributed by atoms with Crippen molar-refractivity contribution in [3.05, 3.63) is 34.9 Å². The van der Waals surface area contributed by atoms with Gasteiger partial charge in [0.2, 0.25) is 0 Å². The summed E-state index contributed by atoms with van der Waals surface area (Å²) >= 11 is 1.92. The number of rotatable bonds is 6. The van der Waals surface area contributed by atoms with E-state index in [1.807, 2.05) is 11.8 Å². The molecular weight excluding hydrogens is 214 g/mol. The van der Waals surface area contributed by atoms with Crippen LogP contribution in [0.4, 0.5) is 0 Å². The molecule has 0 amide bonds. The SMILES string of the molecule is CSCCC(C)NCc1c(C)cccc1C. The van der Waals surface area contributed by atoms with Gasteiger partial charge in [-0.2, -0.15) is 11.8 Å². The van der Waals surface area contributed by atoms with Crippen molar-refractivity contribution in [1.29, 1.82) is 0 Å². The molecule has 0 radical (unpaired) electrons. The lowest BCUT2D eigenvalue weighted by atomic mass is 10.0. The monoisotopic (exact) mass is 237 g/mol. The van der Waals surface area contributed by atoms with Crippen LogP contribution in [-0.4, -0.2) is 18.1 Å². The summed E-state index contributed by atoms with van der Waals surface area (Å²) in [4.78, 5) is 0. The third kappa shape index (κ3) is 4.18. The van der Waals surface area contributed by atoms with Crippen LogP contribution in [-0.2, 0) is 6.54 Å². The van der Waals surface area contributed by atoms with Crippen molar-refractivity contribution < 1.29 is 0 Å². The fraction of sp³-hybridized carbons (Fsp3) is 0.571. The van der Waals surface area contributed by atoms with Gasteiger partial charge in [0, 0.05) is 12.6 Å². The molecule has 1 unspecified atom stereocenters. The van der Waals surface area contributed by atoms with Crippen LogP contribution in [0, 0.1) is 13.8 Å². The maximum atomic E-state index is 3.60. The minimum Gasteiger partial charge on any atom is -0.310 e. The van der Waals surface area contributed by atoms with Gasteiger partial charge in [0.1, 0.15) is 0 Å². The predicted molar refractivity (Wildman–Crippen MR) is 75.2 cm³/mol. The molecule has 0 bridgehead atoms. The Bertz CT molecular complexity index is 302. The molecule has 1 aromatic rings. The fourth-order valence-electron chi connectivity index (χ4n) is 1.80. The van der Waals surface area contributed by atoms with Crippen molar-refractivity contribution >= 4 is 11.8 Å². The van der Waals surface area contributed by atoms with Gasteiger partial charge in [-0.25, -0.2) is 0 Å². The number of thioether (sulfide) groups is 1. The summed E-state index contributed by atoms with van der Waals surface area (Å²) in [5.74, 6) is 1.24. The van der Waals surface area contributed by atoms with Gasteiger partial charge in [-0.15, -0.1) is 0 Å². The lowest BCUT2D eigenvalue weighted by Crippen LogP contribution is -2.26. The largest absolute Gasteiger partial charge is 0.310 e. The quantitative estimate of drug-likeness (QED) is 0.812. The second-order valence-corrected chi connectivity index (χ2v) is 5.42. The highest BCUT2D eigenvalue weighted by atomic mass is 32.2. The molecule has 90 valence electrons. The molecule has 2 heteroatoms. The summed E-state index contributed by atoms with van der Waals surface area (Å²) in [5.41, 5.74) is 4.24. The van der Waals surface area contributed by atoms with E-state index in [2.05, 4.69) is 50.5 Å². The first-order valence-corrected chi connectivity index (χ1v) is 7.32. The third-order valence-corrected chi connectivity index (χ3v) is 3.67. The van der Waals surface area contributed by atoms with Crippen LogP contribution in [0.3, 0.4) is 0 Å². The van der Waals surface area contributed by atoms with Gasteiger partial charge in [0.05, 0.1) is 0 Å². The van der Waals surface area contributed by atoms with E-state index in [4.69, 9.17) is 0 Å². The Kier molecular flexibility index (Phi) is 5.93. The minimum absolute atomic E-state index is 0.603. The average Bonchev–Trinajstić information content (AvgIpc) is 2.25. The molecular formula is C14H23NS. The average molecular weight is 237 g/mol. The van der Waals surface area contributed by atoms with E-state index in [0.29, 0.717) is 6.04 Å². The van der Waals surface area contributed by atoms with E-state index >= 15 is 0 Å². The minimum atomic E-state index is 0.603. The Balaban J connectivity index is 2.48. The molecule has 1 rings (SSSR count). The molecule has 1 aromatic carbocycles. The summed E-state index contributed by atoms with van der Waals surface area (Å²) in [6, 6.07) is 7.12. The molecule has 1 N–H and O–H groups in total. The first-order chi connectivity index (χ1) is 7.65. The molecule has 1 atom stereocenters. The molecule has 1 nitrogen and oxygen atoms in total. The molecule has 0 saturated heterocycles. The van der Waals surface area contributed by atoms with Crippen LogP contribution >= 0.6 is 11.8 Å². The smallest absolute Gasteiger partial charge is 0.0213 e. The molecule has 0 fully saturated rings. The molecule has 16 heavy (non-hydrogen) atoms. The third-order valence-electron chi connectivity index (χ3n) is 3.03. The predicted octanol–water partition coefficient (Wildman–Crippen LogP) is 3.53. The Morgan fingerprint density at radius 3 is 2.44 bits per heavy atom. The number of hydrogen-bond acceptors (Lipinski definition) is 2. The van der Waals surface area contributed by atoms with Crippen LogP contribution in [0.1, 0.15) is 30.0 Å². The zero-order valence-corrected chi connectivity index (χ0v) is 11.7. The Morgan fingerprint density at radius 2 is 1.88 bits per heavy atom. The van der Waals surface area contributed by atoms with Crippen LogP contribution in [0.25, 0.3) is 0 Å². The van der Waals surface area contributed by atoms with Crippen molar-refractivity contribution in [1.82, 2.24) is 5.32 Å². The van der Waals surface area contributed by atoms with E-state index in [0.717, 1.165) is 6.54 Å². The van der Waals surface area contributed by atoms with Crippen molar-refractivity contribution in [3.63, 3.8) is 0 Å². The maximum Gasteiger partial charge on any atom is 0.0213 e. The van der Waals surface area contributed by atoms with Gasteiger partial charge in [0.25, 0.3) is 0 Å². The van der Waals surface area contributed by atoms with Crippen molar-refractivity contribution in [2.24, 2.45) is 0 Å². The number of benzene rings is 1. The van der Waals surface area contributed by atoms with E-state index < -0.39 is 0 Å². The fourth-order valence-corrected chi connectivity index (χ4v) is 2.39. The highest BCUT2D eigenvalue weighted by Crippen LogP contribution is 2.13. The van der Waals surface area contributed by atoms with E-state index in [-0.39, 0.29) is 0 Å². The first kappa shape index (κ1) is 13.6. The zero-order valence-electron chi connectivity index (χ0n) is 10.8. The molecule has 0 heterocycles. The van der Waals surface area contributed by atoms with Gasteiger partial charge in [-0.1, -0.05) is 18.2 Å². The van der Waals surface area contributed by atoms with Crippen molar-refractivity contribution in [3.8, 4) is 0 Å². The second-order valence-electron chi connectivity index (χ2n) is 4.43. The van der Waals surface area contributed by atoms with E-state index in [1.54, 1.807) is 0 Å². The van der Waals surface area contributed by atoms with Gasteiger partial charge >= 0.3 is 0 Å². The summed E-state index contributed by atoms with van der Waals surface area (Å²) in [6.45, 7) is 7.64. The first-order valence-electron chi connectivity index (χ1n) is 5.92. The standard InChI is InChI=1S/C14H23NS/c1-11-6-5-7-12(2)14(11)10-15-13(3)8-9-16-4/h5-7,13,15H,8-10H2,1-4H3. The molecule has 0 saturated carbocycles. The summed E-state index contributed by atoms with van der Waals surface area (Å²) in [6.07, 6.45) is 3.41. The van der Waals surface area contributed by atoms with Crippen molar-refractivity contribution in [2.75, 3.05) is 12.0 Å². The van der Waals surface area contributed by atoms with Crippen LogP contribution in [0.15, 0.2) is 18.2 Å². The summed E-state index contributed by atoms with van der Waals surface area (Å²) < 4.78 is 0. The lowest BCUT2D eigenvalue weighted by Gasteiger charge is -2.16. The molecule has 0 aromatic heterocycles. The highest BCUT2D eigenvalue weighted by Gasteiger charge is 2.04. The van der Waals surface area contributed by atoms with Gasteiger partial charge in [-0.05, 0) is 55.9 Å². The zero-order chi connectivity index (χ0) is 12.0. The topological polar surface area (TPSA) is 12.0 Å². The van der Waals surface area contributed by atoms with Crippen LogP contribution < -0.4 is 5.32 Å². The van der Waals surface area contributed by atoms with Gasteiger partial charge < -0.3 is 5.32 Å². The Morgan fingerprint density at radius 1 is 1.25 bits per heavy atom. The van der Waals surface area contributed by atoms with Gasteiger partial charge in [-0.3, -0.25) is 0 Å². The van der Waals surface area contributed by atoms with Crippen LogP contribution in [0.5, 0.6) is 0 Å². The second kappa shape index (κ2) is 6.97. The number of aryl methyl sites for hydroxylation is 2. The molecule has 0 spiro atoms. The number of hydrogen-bond donors (Lipinski definition) is 1. The van der Waals surface area contributed by atoms with E-state index in [9.17, 15) is 0 Å². The Hall–Kier alpha value is -0.470. The molecule has 0 aliphatic heterocycles. The summed E-state index contributed by atoms with van der Waals surface area (Å²) in [5, 5.41) is 3.60. The highest BCUT2D eigenvalue weighted by molar-refractivity contribution is 7.98. The molecule has 0 aliphatic rings. The van der Waals surface area contributed by atoms with E-state index in [1.165, 1.54) is 28.9 Å². The maximum absolute atomic E-state index is 3.60. The molecule has 0 aliphatic carbocycles. The lowest BCUT2D eigenvalue weighted by molar-refractivity contribution is 0.535. The number of nitrogens with one attached hydrogen (secondary N) is 1.